The van der Waals surface area contributed by atoms with Crippen LogP contribution in [0.1, 0.15) is 31.2 Å². The predicted molar refractivity (Wildman–Crippen MR) is 95.5 cm³/mol. The topological polar surface area (TPSA) is 68.8 Å². The molecule has 0 aromatic heterocycles. The Hall–Kier alpha value is -1.66. The highest BCUT2D eigenvalue weighted by molar-refractivity contribution is 5.85. The normalized spacial score (nSPS) is 16.2. The number of amides is 1. The molecular weight excluding hydrogens is 332 g/mol. The van der Waals surface area contributed by atoms with Crippen molar-refractivity contribution in [2.24, 2.45) is 0 Å². The van der Waals surface area contributed by atoms with Crippen molar-refractivity contribution in [3.8, 4) is 17.2 Å². The lowest BCUT2D eigenvalue weighted by Gasteiger charge is -2.15. The first-order chi connectivity index (χ1) is 11.2. The quantitative estimate of drug-likeness (QED) is 0.746. The van der Waals surface area contributed by atoms with Gasteiger partial charge < -0.3 is 24.8 Å². The molecule has 2 rings (SSSR count). The van der Waals surface area contributed by atoms with E-state index in [1.807, 2.05) is 12.1 Å². The molecule has 1 fully saturated rings. The molecule has 1 aromatic rings. The molecule has 1 heterocycles. The number of hydrogen-bond donors (Lipinski definition) is 2. The third-order valence-corrected chi connectivity index (χ3v) is 4.10. The van der Waals surface area contributed by atoms with E-state index in [9.17, 15) is 4.79 Å². The first-order valence-electron chi connectivity index (χ1n) is 7.97. The largest absolute Gasteiger partial charge is 0.493 e. The summed E-state index contributed by atoms with van der Waals surface area (Å²) in [6.07, 6.45) is 3.81. The highest BCUT2D eigenvalue weighted by Gasteiger charge is 2.16. The minimum absolute atomic E-state index is 0. The maximum absolute atomic E-state index is 12.0. The van der Waals surface area contributed by atoms with Gasteiger partial charge in [-0.25, -0.2) is 0 Å². The van der Waals surface area contributed by atoms with E-state index in [-0.39, 0.29) is 18.3 Å². The Morgan fingerprint density at radius 1 is 1.21 bits per heavy atom. The van der Waals surface area contributed by atoms with E-state index in [1.54, 1.807) is 21.3 Å². The highest BCUT2D eigenvalue weighted by atomic mass is 35.5. The molecule has 0 spiro atoms. The molecule has 1 amide bonds. The number of ether oxygens (including phenoxy) is 3. The molecule has 2 N–H and O–H groups in total. The Morgan fingerprint density at radius 2 is 1.88 bits per heavy atom. The molecule has 0 bridgehead atoms. The fourth-order valence-corrected chi connectivity index (χ4v) is 2.83. The summed E-state index contributed by atoms with van der Waals surface area (Å²) in [5.74, 6) is 1.79. The number of carbonyl (C=O) groups excluding carboxylic acids is 1. The van der Waals surface area contributed by atoms with Crippen LogP contribution in [0.2, 0.25) is 0 Å². The van der Waals surface area contributed by atoms with Crippen molar-refractivity contribution >= 4 is 18.3 Å². The van der Waals surface area contributed by atoms with Crippen molar-refractivity contribution in [2.45, 2.75) is 38.3 Å². The monoisotopic (exact) mass is 358 g/mol. The van der Waals surface area contributed by atoms with Crippen LogP contribution in [0.4, 0.5) is 0 Å². The fraction of sp³-hybridized carbons (Fsp3) is 0.588. The van der Waals surface area contributed by atoms with E-state index in [2.05, 4.69) is 10.6 Å². The maximum atomic E-state index is 12.0. The standard InChI is InChI=1S/C17H26N2O4.ClH/c1-21-14-9-12(10-15(22-2)17(14)23-3)11-19-16(20)7-6-13-5-4-8-18-13;/h9-10,13,18H,4-8,11H2,1-3H3,(H,19,20);1H. The van der Waals surface area contributed by atoms with E-state index in [0.29, 0.717) is 36.3 Å². The molecule has 136 valence electrons. The van der Waals surface area contributed by atoms with Gasteiger partial charge in [-0.2, -0.15) is 0 Å². The molecule has 24 heavy (non-hydrogen) atoms. The van der Waals surface area contributed by atoms with Crippen molar-refractivity contribution in [2.75, 3.05) is 27.9 Å². The summed E-state index contributed by atoms with van der Waals surface area (Å²) in [6.45, 7) is 1.51. The van der Waals surface area contributed by atoms with Gasteiger partial charge in [-0.05, 0) is 43.5 Å². The summed E-state index contributed by atoms with van der Waals surface area (Å²) in [7, 11) is 4.72. The van der Waals surface area contributed by atoms with E-state index in [4.69, 9.17) is 14.2 Å². The Bertz CT molecular complexity index is 508. The van der Waals surface area contributed by atoms with Gasteiger partial charge in [-0.1, -0.05) is 0 Å². The fourth-order valence-electron chi connectivity index (χ4n) is 2.83. The van der Waals surface area contributed by atoms with Crippen LogP contribution < -0.4 is 24.8 Å². The lowest BCUT2D eigenvalue weighted by molar-refractivity contribution is -0.121. The SMILES string of the molecule is COc1cc(CNC(=O)CCC2CCCN2)cc(OC)c1OC.Cl. The van der Waals surface area contributed by atoms with Gasteiger partial charge in [0.15, 0.2) is 11.5 Å². The zero-order valence-electron chi connectivity index (χ0n) is 14.5. The maximum Gasteiger partial charge on any atom is 0.220 e. The van der Waals surface area contributed by atoms with Crippen molar-refractivity contribution in [1.29, 1.82) is 0 Å². The average Bonchev–Trinajstić information content (AvgIpc) is 3.10. The molecular formula is C17H27ClN2O4. The van der Waals surface area contributed by atoms with Crippen LogP contribution in [0.15, 0.2) is 12.1 Å². The Morgan fingerprint density at radius 3 is 2.38 bits per heavy atom. The van der Waals surface area contributed by atoms with Gasteiger partial charge in [0, 0.05) is 19.0 Å². The molecule has 1 aromatic carbocycles. The molecule has 6 nitrogen and oxygen atoms in total. The van der Waals surface area contributed by atoms with E-state index >= 15 is 0 Å². The lowest BCUT2D eigenvalue weighted by atomic mass is 10.1. The lowest BCUT2D eigenvalue weighted by Crippen LogP contribution is -2.27. The number of hydrogen-bond acceptors (Lipinski definition) is 5. The number of benzene rings is 1. The van der Waals surface area contributed by atoms with E-state index < -0.39 is 0 Å². The van der Waals surface area contributed by atoms with Crippen LogP contribution in [0, 0.1) is 0 Å². The number of carbonyl (C=O) groups is 1. The van der Waals surface area contributed by atoms with Crippen LogP contribution in [0.25, 0.3) is 0 Å². The van der Waals surface area contributed by atoms with Crippen molar-refractivity contribution in [3.63, 3.8) is 0 Å². The summed E-state index contributed by atoms with van der Waals surface area (Å²) in [5, 5.41) is 6.35. The molecule has 0 radical (unpaired) electrons. The van der Waals surface area contributed by atoms with Gasteiger partial charge in [0.25, 0.3) is 0 Å². The van der Waals surface area contributed by atoms with Crippen molar-refractivity contribution in [1.82, 2.24) is 10.6 Å². The van der Waals surface area contributed by atoms with Gasteiger partial charge in [-0.15, -0.1) is 12.4 Å². The number of nitrogens with one attached hydrogen (secondary N) is 2. The number of halogens is 1. The molecule has 7 heteroatoms. The zero-order valence-corrected chi connectivity index (χ0v) is 15.3. The van der Waals surface area contributed by atoms with Crippen LogP contribution >= 0.6 is 12.4 Å². The van der Waals surface area contributed by atoms with Gasteiger partial charge in [-0.3, -0.25) is 4.79 Å². The third kappa shape index (κ3) is 5.46. The Kier molecular flexibility index (Phi) is 8.71. The minimum atomic E-state index is 0. The van der Waals surface area contributed by atoms with E-state index in [1.165, 1.54) is 12.8 Å². The van der Waals surface area contributed by atoms with Gasteiger partial charge >= 0.3 is 0 Å². The van der Waals surface area contributed by atoms with Crippen molar-refractivity contribution < 1.29 is 19.0 Å². The summed E-state index contributed by atoms with van der Waals surface area (Å²) in [5.41, 5.74) is 0.909. The summed E-state index contributed by atoms with van der Waals surface area (Å²) >= 11 is 0. The van der Waals surface area contributed by atoms with Crippen molar-refractivity contribution in [3.05, 3.63) is 17.7 Å². The molecule has 0 aliphatic carbocycles. The van der Waals surface area contributed by atoms with Gasteiger partial charge in [0.2, 0.25) is 11.7 Å². The first kappa shape index (κ1) is 20.4. The second-order valence-corrected chi connectivity index (χ2v) is 5.64. The second kappa shape index (κ2) is 10.3. The van der Waals surface area contributed by atoms with Gasteiger partial charge in [0.1, 0.15) is 0 Å². The molecule has 1 saturated heterocycles. The molecule has 1 aliphatic rings. The van der Waals surface area contributed by atoms with Crippen LogP contribution in [0.5, 0.6) is 17.2 Å². The minimum Gasteiger partial charge on any atom is -0.493 e. The molecule has 1 atom stereocenters. The zero-order chi connectivity index (χ0) is 16.7. The molecule has 1 aliphatic heterocycles. The van der Waals surface area contributed by atoms with Gasteiger partial charge in [0.05, 0.1) is 21.3 Å². The second-order valence-electron chi connectivity index (χ2n) is 5.64. The molecule has 1 unspecified atom stereocenters. The third-order valence-electron chi connectivity index (χ3n) is 4.10. The number of rotatable bonds is 8. The van der Waals surface area contributed by atoms with Crippen LogP contribution in [-0.2, 0) is 11.3 Å². The summed E-state index contributed by atoms with van der Waals surface area (Å²) < 4.78 is 15.9. The Balaban J connectivity index is 0.00000288. The van der Waals surface area contributed by atoms with Crippen LogP contribution in [0.3, 0.4) is 0 Å². The highest BCUT2D eigenvalue weighted by Crippen LogP contribution is 2.38. The summed E-state index contributed by atoms with van der Waals surface area (Å²) in [6, 6.07) is 4.18. The van der Waals surface area contributed by atoms with Crippen LogP contribution in [-0.4, -0.2) is 39.8 Å². The smallest absolute Gasteiger partial charge is 0.220 e. The predicted octanol–water partition coefficient (Wildman–Crippen LogP) is 2.28. The number of methoxy groups -OCH3 is 3. The Labute approximate surface area is 149 Å². The van der Waals surface area contributed by atoms with E-state index in [0.717, 1.165) is 18.5 Å². The summed E-state index contributed by atoms with van der Waals surface area (Å²) in [4.78, 5) is 12.0. The first-order valence-corrected chi connectivity index (χ1v) is 7.97. The molecule has 0 saturated carbocycles. The average molecular weight is 359 g/mol.